The number of oxime groups is 1. The van der Waals surface area contributed by atoms with Gasteiger partial charge in [-0.25, -0.2) is 0 Å². The van der Waals surface area contributed by atoms with E-state index >= 15 is 0 Å². The van der Waals surface area contributed by atoms with Crippen molar-refractivity contribution in [2.24, 2.45) is 5.16 Å². The minimum absolute atomic E-state index is 0.933. The predicted molar refractivity (Wildman–Crippen MR) is 54.4 cm³/mol. The van der Waals surface area contributed by atoms with Crippen molar-refractivity contribution in [3.8, 4) is 0 Å². The van der Waals surface area contributed by atoms with Crippen LogP contribution in [-0.4, -0.2) is 11.4 Å². The predicted octanol–water partition coefficient (Wildman–Crippen LogP) is 2.84. The smallest absolute Gasteiger partial charge is 0.0733 e. The van der Waals surface area contributed by atoms with E-state index in [9.17, 15) is 0 Å². The van der Waals surface area contributed by atoms with Crippen LogP contribution in [0.3, 0.4) is 0 Å². The van der Waals surface area contributed by atoms with Crippen LogP contribution in [0.2, 0.25) is 0 Å². The molecule has 1 aromatic carbocycles. The van der Waals surface area contributed by atoms with Crippen LogP contribution in [0.25, 0.3) is 0 Å². The number of nitrogens with zero attached hydrogens (tertiary/aromatic N) is 1. The molecule has 0 atom stereocenters. The lowest BCUT2D eigenvalue weighted by Gasteiger charge is -1.99. The third-order valence-corrected chi connectivity index (χ3v) is 2.01. The number of aryl methyl sites for hydroxylation is 1. The van der Waals surface area contributed by atoms with Gasteiger partial charge in [0.25, 0.3) is 0 Å². The molecule has 1 rings (SSSR count). The molecule has 0 fully saturated rings. The maximum absolute atomic E-state index is 8.30. The first-order chi connectivity index (χ1) is 6.36. The van der Waals surface area contributed by atoms with Gasteiger partial charge in [-0.05, 0) is 24.0 Å². The molecule has 0 amide bonds. The molecule has 0 bridgehead atoms. The fourth-order valence-electron chi connectivity index (χ4n) is 1.22. The average molecular weight is 177 g/mol. The van der Waals surface area contributed by atoms with E-state index < -0.39 is 0 Å². The van der Waals surface area contributed by atoms with Crippen molar-refractivity contribution in [3.05, 3.63) is 35.4 Å². The highest BCUT2D eigenvalue weighted by molar-refractivity contribution is 5.78. The van der Waals surface area contributed by atoms with Gasteiger partial charge >= 0.3 is 0 Å². The minimum Gasteiger partial charge on any atom is -0.411 e. The van der Waals surface area contributed by atoms with Crippen molar-refractivity contribution in [1.29, 1.82) is 0 Å². The van der Waals surface area contributed by atoms with E-state index in [2.05, 4.69) is 24.2 Å². The maximum atomic E-state index is 8.30. The maximum Gasteiger partial charge on any atom is 0.0733 e. The van der Waals surface area contributed by atoms with Gasteiger partial charge in [0.2, 0.25) is 0 Å². The molecule has 1 N–H and O–H groups in total. The van der Waals surface area contributed by atoms with Crippen LogP contribution >= 0.6 is 0 Å². The zero-order valence-electron chi connectivity index (χ0n) is 7.90. The van der Waals surface area contributed by atoms with Gasteiger partial charge in [0.1, 0.15) is 0 Å². The molecule has 0 aliphatic heterocycles. The molecule has 0 unspecified atom stereocenters. The van der Waals surface area contributed by atoms with Gasteiger partial charge in [-0.2, -0.15) is 0 Å². The monoisotopic (exact) mass is 177 g/mol. The van der Waals surface area contributed by atoms with E-state index in [0.717, 1.165) is 12.0 Å². The summed E-state index contributed by atoms with van der Waals surface area (Å²) < 4.78 is 0. The lowest BCUT2D eigenvalue weighted by molar-refractivity contribution is 0.322. The molecule has 70 valence electrons. The number of unbranched alkanes of at least 4 members (excludes halogenated alkanes) is 1. The number of hydrogen-bond acceptors (Lipinski definition) is 2. The zero-order chi connectivity index (χ0) is 9.52. The Balaban J connectivity index is 2.58. The van der Waals surface area contributed by atoms with Gasteiger partial charge in [0, 0.05) is 0 Å². The van der Waals surface area contributed by atoms with Crippen LogP contribution in [0.4, 0.5) is 0 Å². The van der Waals surface area contributed by atoms with E-state index in [1.807, 2.05) is 12.1 Å². The largest absolute Gasteiger partial charge is 0.411 e. The molecule has 0 aliphatic rings. The normalized spacial score (nSPS) is 10.8. The zero-order valence-corrected chi connectivity index (χ0v) is 7.90. The van der Waals surface area contributed by atoms with Crippen molar-refractivity contribution in [2.75, 3.05) is 0 Å². The molecule has 0 saturated heterocycles. The molecule has 0 radical (unpaired) electrons. The van der Waals surface area contributed by atoms with E-state index in [1.54, 1.807) is 0 Å². The highest BCUT2D eigenvalue weighted by atomic mass is 16.4. The van der Waals surface area contributed by atoms with Crippen LogP contribution in [0.15, 0.2) is 29.4 Å². The van der Waals surface area contributed by atoms with Crippen molar-refractivity contribution in [1.82, 2.24) is 0 Å². The van der Waals surface area contributed by atoms with Gasteiger partial charge in [0.05, 0.1) is 6.21 Å². The summed E-state index contributed by atoms with van der Waals surface area (Å²) in [5, 5.41) is 11.3. The number of benzene rings is 1. The van der Waals surface area contributed by atoms with Gasteiger partial charge in [-0.15, -0.1) is 0 Å². The van der Waals surface area contributed by atoms with Crippen LogP contribution in [0, 0.1) is 0 Å². The third-order valence-electron chi connectivity index (χ3n) is 2.01. The summed E-state index contributed by atoms with van der Waals surface area (Å²) in [4.78, 5) is 0. The molecule has 1 aromatic rings. The van der Waals surface area contributed by atoms with Crippen molar-refractivity contribution >= 4 is 6.21 Å². The topological polar surface area (TPSA) is 32.6 Å². The van der Waals surface area contributed by atoms with Crippen LogP contribution in [0.5, 0.6) is 0 Å². The summed E-state index contributed by atoms with van der Waals surface area (Å²) in [6, 6.07) is 8.08. The van der Waals surface area contributed by atoms with Crippen molar-refractivity contribution < 1.29 is 5.21 Å². The summed E-state index contributed by atoms with van der Waals surface area (Å²) in [6.07, 6.45) is 5.02. The first-order valence-corrected chi connectivity index (χ1v) is 4.63. The molecule has 0 aromatic heterocycles. The Hall–Kier alpha value is -1.31. The van der Waals surface area contributed by atoms with Gasteiger partial charge < -0.3 is 5.21 Å². The number of hydrogen-bond donors (Lipinski definition) is 1. The molecule has 2 heteroatoms. The third kappa shape index (κ3) is 3.28. The molecule has 2 nitrogen and oxygen atoms in total. The van der Waals surface area contributed by atoms with Crippen LogP contribution in [-0.2, 0) is 6.42 Å². The molecule has 0 spiro atoms. The Kier molecular flexibility index (Phi) is 4.03. The summed E-state index contributed by atoms with van der Waals surface area (Å²) >= 11 is 0. The molecule has 0 heterocycles. The summed E-state index contributed by atoms with van der Waals surface area (Å²) in [7, 11) is 0. The van der Waals surface area contributed by atoms with E-state index in [4.69, 9.17) is 5.21 Å². The standard InChI is InChI=1S/C11H15NO/c1-2-3-4-10-5-7-11(8-6-10)9-12-13/h5-9,13H,2-4H2,1H3/b12-9+. The van der Waals surface area contributed by atoms with Crippen molar-refractivity contribution in [3.63, 3.8) is 0 Å². The Morgan fingerprint density at radius 2 is 2.00 bits per heavy atom. The second kappa shape index (κ2) is 5.36. The molecule has 13 heavy (non-hydrogen) atoms. The average Bonchev–Trinajstić information content (AvgIpc) is 2.17. The van der Waals surface area contributed by atoms with Gasteiger partial charge in [-0.1, -0.05) is 42.8 Å². The van der Waals surface area contributed by atoms with Gasteiger partial charge in [0.15, 0.2) is 0 Å². The second-order valence-electron chi connectivity index (χ2n) is 3.09. The highest BCUT2D eigenvalue weighted by Gasteiger charge is 1.92. The fraction of sp³-hybridized carbons (Fsp3) is 0.364. The lowest BCUT2D eigenvalue weighted by atomic mass is 10.1. The Bertz CT molecular complexity index is 264. The minimum atomic E-state index is 0.933. The lowest BCUT2D eigenvalue weighted by Crippen LogP contribution is -1.86. The Morgan fingerprint density at radius 1 is 1.31 bits per heavy atom. The van der Waals surface area contributed by atoms with E-state index in [1.165, 1.54) is 24.6 Å². The van der Waals surface area contributed by atoms with Crippen molar-refractivity contribution in [2.45, 2.75) is 26.2 Å². The van der Waals surface area contributed by atoms with Crippen LogP contribution < -0.4 is 0 Å². The Labute approximate surface area is 78.9 Å². The molecular formula is C11H15NO. The SMILES string of the molecule is CCCCc1ccc(/C=N/O)cc1. The molecule has 0 saturated carbocycles. The number of rotatable bonds is 4. The second-order valence-corrected chi connectivity index (χ2v) is 3.09. The fourth-order valence-corrected chi connectivity index (χ4v) is 1.22. The summed E-state index contributed by atoms with van der Waals surface area (Å²) in [6.45, 7) is 2.19. The summed E-state index contributed by atoms with van der Waals surface area (Å²) in [5.41, 5.74) is 2.28. The quantitative estimate of drug-likeness (QED) is 0.428. The molecular weight excluding hydrogens is 162 g/mol. The summed E-state index contributed by atoms with van der Waals surface area (Å²) in [5.74, 6) is 0. The first-order valence-electron chi connectivity index (χ1n) is 4.63. The first kappa shape index (κ1) is 9.78. The Morgan fingerprint density at radius 3 is 2.54 bits per heavy atom. The van der Waals surface area contributed by atoms with E-state index in [-0.39, 0.29) is 0 Å². The molecule has 0 aliphatic carbocycles. The highest BCUT2D eigenvalue weighted by Crippen LogP contribution is 2.06. The van der Waals surface area contributed by atoms with Crippen LogP contribution in [0.1, 0.15) is 30.9 Å². The van der Waals surface area contributed by atoms with Gasteiger partial charge in [-0.3, -0.25) is 0 Å². The van der Waals surface area contributed by atoms with E-state index in [0.29, 0.717) is 0 Å².